The Kier molecular flexibility index (Phi) is 12.2. The molecule has 6 atom stereocenters. The third-order valence-corrected chi connectivity index (χ3v) is 7.68. The first-order valence-electron chi connectivity index (χ1n) is 15.1. The van der Waals surface area contributed by atoms with Gasteiger partial charge in [-0.25, -0.2) is 4.98 Å². The van der Waals surface area contributed by atoms with Gasteiger partial charge >= 0.3 is 7.12 Å². The fraction of sp³-hybridized carbons (Fsp3) is 0.469. The van der Waals surface area contributed by atoms with Crippen LogP contribution < -0.4 is 10.6 Å². The molecular formula is C32H42BN3O8. The number of fused-ring (bicyclic) bond motifs is 1. The molecule has 1 aromatic heterocycles. The number of carbonyl (C=O) groups is 2. The molecule has 12 heteroatoms. The van der Waals surface area contributed by atoms with Crippen molar-refractivity contribution < 1.29 is 39.3 Å². The lowest BCUT2D eigenvalue weighted by Gasteiger charge is -2.26. The van der Waals surface area contributed by atoms with E-state index in [-0.39, 0.29) is 24.6 Å². The minimum Gasteiger partial charge on any atom is -0.402 e. The minimum absolute atomic E-state index is 0.0208. The number of carbonyl (C=O) groups excluding carboxylic acids is 2. The van der Waals surface area contributed by atoms with E-state index >= 15 is 0 Å². The Balaban J connectivity index is 1.54. The lowest BCUT2D eigenvalue weighted by Crippen LogP contribution is -2.55. The van der Waals surface area contributed by atoms with Gasteiger partial charge in [0.1, 0.15) is 17.8 Å². The molecule has 2 aromatic carbocycles. The molecule has 0 saturated carbocycles. The van der Waals surface area contributed by atoms with E-state index in [4.69, 9.17) is 9.31 Å². The first-order chi connectivity index (χ1) is 21.2. The van der Waals surface area contributed by atoms with Crippen LogP contribution in [0, 0.1) is 5.92 Å². The number of pyridine rings is 1. The molecule has 1 fully saturated rings. The van der Waals surface area contributed by atoms with Gasteiger partial charge in [0.2, 0.25) is 5.91 Å². The van der Waals surface area contributed by atoms with E-state index in [1.165, 1.54) is 0 Å². The van der Waals surface area contributed by atoms with Crippen molar-refractivity contribution in [3.63, 3.8) is 0 Å². The highest BCUT2D eigenvalue weighted by Gasteiger charge is 2.50. The van der Waals surface area contributed by atoms with Gasteiger partial charge in [0, 0.05) is 12.0 Å². The summed E-state index contributed by atoms with van der Waals surface area (Å²) in [5, 5.41) is 46.6. The van der Waals surface area contributed by atoms with Gasteiger partial charge in [-0.1, -0.05) is 68.4 Å². The normalized spacial score (nSPS) is 19.5. The van der Waals surface area contributed by atoms with Crippen molar-refractivity contribution in [1.29, 1.82) is 0 Å². The Morgan fingerprint density at radius 1 is 0.886 bits per heavy atom. The Morgan fingerprint density at radius 3 is 2.25 bits per heavy atom. The largest absolute Gasteiger partial charge is 0.481 e. The Hall–Kier alpha value is -3.39. The second-order valence-corrected chi connectivity index (χ2v) is 11.6. The third-order valence-electron chi connectivity index (χ3n) is 7.68. The van der Waals surface area contributed by atoms with Crippen molar-refractivity contribution in [2.75, 3.05) is 13.2 Å². The zero-order chi connectivity index (χ0) is 31.6. The van der Waals surface area contributed by atoms with Crippen LogP contribution in [0.3, 0.4) is 0 Å². The van der Waals surface area contributed by atoms with Crippen LogP contribution in [0.4, 0.5) is 0 Å². The van der Waals surface area contributed by atoms with E-state index in [1.807, 2.05) is 74.5 Å². The van der Waals surface area contributed by atoms with E-state index in [1.54, 1.807) is 6.07 Å². The van der Waals surface area contributed by atoms with Crippen molar-refractivity contribution in [1.82, 2.24) is 15.6 Å². The second-order valence-electron chi connectivity index (χ2n) is 11.6. The first kappa shape index (κ1) is 33.5. The Bertz CT molecular complexity index is 1360. The number of nitrogens with zero attached hydrogens (tertiary/aromatic N) is 1. The van der Waals surface area contributed by atoms with Gasteiger partial charge < -0.3 is 40.4 Å². The van der Waals surface area contributed by atoms with Gasteiger partial charge in [-0.3, -0.25) is 9.59 Å². The van der Waals surface area contributed by atoms with Crippen LogP contribution >= 0.6 is 0 Å². The first-order valence-corrected chi connectivity index (χ1v) is 15.1. The summed E-state index contributed by atoms with van der Waals surface area (Å²) < 4.78 is 12.0. The molecule has 0 bridgehead atoms. The molecule has 4 rings (SSSR count). The average Bonchev–Trinajstić information content (AvgIpc) is 3.48. The SMILES string of the molecule is CC(C)C[C@H](NC(=O)[C@H](CCc1ccccc1)NC(=O)c1ccc2ccccc2n1)B1OC([C@H](O)CO)C([C@H](O)CCO)O1. The molecule has 1 aliphatic heterocycles. The molecule has 1 saturated heterocycles. The fourth-order valence-corrected chi connectivity index (χ4v) is 5.38. The maximum Gasteiger partial charge on any atom is 0.481 e. The molecular weight excluding hydrogens is 565 g/mol. The van der Waals surface area contributed by atoms with E-state index in [2.05, 4.69) is 15.6 Å². The lowest BCUT2D eigenvalue weighted by atomic mass is 9.74. The summed E-state index contributed by atoms with van der Waals surface area (Å²) in [7, 11) is -1.06. The van der Waals surface area contributed by atoms with Crippen LogP contribution in [0.25, 0.3) is 10.9 Å². The topological polar surface area (TPSA) is 170 Å². The zero-order valence-electron chi connectivity index (χ0n) is 25.1. The summed E-state index contributed by atoms with van der Waals surface area (Å²) in [5.74, 6) is -1.56. The number of para-hydroxylation sites is 1. The Morgan fingerprint density at radius 2 is 1.57 bits per heavy atom. The van der Waals surface area contributed by atoms with Crippen molar-refractivity contribution in [2.45, 2.75) is 75.9 Å². The standard InChI is InChI=1S/C32H42BN3O8/c1-20(2)18-28(33-43-29(26(39)16-17-37)30(44-33)27(40)19-38)36-32(42)25(14-12-21-8-4-3-5-9-21)35-31(41)24-15-13-22-10-6-7-11-23(22)34-24/h3-11,13,15,20,25-30,37-40H,12,14,16-19H2,1-2H3,(H,35,41)(H,36,42)/t25-,26+,27+,28-,29?,30?/m0/s1. The number of aliphatic hydroxyl groups is 4. The van der Waals surface area contributed by atoms with Gasteiger partial charge in [0.05, 0.1) is 36.4 Å². The van der Waals surface area contributed by atoms with E-state index in [0.29, 0.717) is 24.8 Å². The highest BCUT2D eigenvalue weighted by molar-refractivity contribution is 6.47. The Labute approximate surface area is 257 Å². The van der Waals surface area contributed by atoms with Crippen LogP contribution in [0.1, 0.15) is 49.2 Å². The van der Waals surface area contributed by atoms with Crippen LogP contribution in [-0.2, 0) is 20.5 Å². The van der Waals surface area contributed by atoms with Crippen molar-refractivity contribution >= 4 is 29.8 Å². The van der Waals surface area contributed by atoms with Crippen LogP contribution in [0.5, 0.6) is 0 Å². The number of rotatable bonds is 15. The molecule has 3 aromatic rings. The summed E-state index contributed by atoms with van der Waals surface area (Å²) in [6, 6.07) is 19.6. The highest BCUT2D eigenvalue weighted by Crippen LogP contribution is 2.27. The number of aryl methyl sites for hydroxylation is 1. The molecule has 2 amide bonds. The highest BCUT2D eigenvalue weighted by atomic mass is 16.7. The summed E-state index contributed by atoms with van der Waals surface area (Å²) in [4.78, 5) is 31.7. The van der Waals surface area contributed by atoms with Crippen LogP contribution in [-0.4, -0.2) is 94.0 Å². The summed E-state index contributed by atoms with van der Waals surface area (Å²) >= 11 is 0. The number of hydrogen-bond donors (Lipinski definition) is 6. The van der Waals surface area contributed by atoms with E-state index < -0.39 is 61.9 Å². The summed E-state index contributed by atoms with van der Waals surface area (Å²) in [6.07, 6.45) is -3.39. The maximum absolute atomic E-state index is 13.9. The van der Waals surface area contributed by atoms with E-state index in [0.717, 1.165) is 10.9 Å². The number of nitrogens with one attached hydrogen (secondary N) is 2. The van der Waals surface area contributed by atoms with Crippen LogP contribution in [0.15, 0.2) is 66.7 Å². The molecule has 0 radical (unpaired) electrons. The molecule has 2 unspecified atom stereocenters. The predicted molar refractivity (Wildman–Crippen MR) is 165 cm³/mol. The molecule has 44 heavy (non-hydrogen) atoms. The lowest BCUT2D eigenvalue weighted by molar-refractivity contribution is -0.123. The van der Waals surface area contributed by atoms with Crippen molar-refractivity contribution in [2.24, 2.45) is 5.92 Å². The molecule has 0 spiro atoms. The maximum atomic E-state index is 13.9. The summed E-state index contributed by atoms with van der Waals surface area (Å²) in [6.45, 7) is 2.99. The van der Waals surface area contributed by atoms with Crippen molar-refractivity contribution in [3.8, 4) is 0 Å². The van der Waals surface area contributed by atoms with Crippen LogP contribution in [0.2, 0.25) is 0 Å². The second kappa shape index (κ2) is 16.1. The third kappa shape index (κ3) is 8.84. The van der Waals surface area contributed by atoms with Gasteiger partial charge in [0.25, 0.3) is 5.91 Å². The van der Waals surface area contributed by atoms with E-state index in [9.17, 15) is 30.0 Å². The van der Waals surface area contributed by atoms with Gasteiger partial charge in [-0.15, -0.1) is 0 Å². The quantitative estimate of drug-likeness (QED) is 0.140. The number of aliphatic hydroxyl groups excluding tert-OH is 4. The van der Waals surface area contributed by atoms with Gasteiger partial charge in [-0.2, -0.15) is 0 Å². The van der Waals surface area contributed by atoms with Gasteiger partial charge in [-0.05, 0) is 49.3 Å². The molecule has 1 aliphatic rings. The van der Waals surface area contributed by atoms with Crippen molar-refractivity contribution in [3.05, 3.63) is 78.0 Å². The molecule has 6 N–H and O–H groups in total. The minimum atomic E-state index is -1.35. The summed E-state index contributed by atoms with van der Waals surface area (Å²) in [5.41, 5.74) is 1.85. The molecule has 236 valence electrons. The molecule has 0 aliphatic carbocycles. The van der Waals surface area contributed by atoms with Gasteiger partial charge in [0.15, 0.2) is 0 Å². The number of amides is 2. The fourth-order valence-electron chi connectivity index (χ4n) is 5.38. The predicted octanol–water partition coefficient (Wildman–Crippen LogP) is 1.40. The smallest absolute Gasteiger partial charge is 0.402 e. The number of aromatic nitrogens is 1. The zero-order valence-corrected chi connectivity index (χ0v) is 25.1. The number of hydrogen-bond acceptors (Lipinski definition) is 9. The molecule has 2 heterocycles. The molecule has 11 nitrogen and oxygen atoms in total. The monoisotopic (exact) mass is 607 g/mol. The number of benzene rings is 2. The average molecular weight is 608 g/mol.